The molecule has 4 rings (SSSR count). The van der Waals surface area contributed by atoms with Gasteiger partial charge < -0.3 is 4.90 Å². The highest BCUT2D eigenvalue weighted by molar-refractivity contribution is 7.92. The molecule has 3 aromatic rings. The topological polar surface area (TPSA) is 93.0 Å². The zero-order valence-electron chi connectivity index (χ0n) is 15.2. The molecule has 0 bridgehead atoms. The highest BCUT2D eigenvalue weighted by Gasteiger charge is 2.17. The molecule has 1 fully saturated rings. The quantitative estimate of drug-likeness (QED) is 0.705. The van der Waals surface area contributed by atoms with Crippen molar-refractivity contribution in [2.75, 3.05) is 22.7 Å². The number of nitrogens with one attached hydrogen (secondary N) is 1. The van der Waals surface area contributed by atoms with E-state index in [-0.39, 0.29) is 16.1 Å². The smallest absolute Gasteiger partial charge is 0.262 e. The molecule has 0 atom stereocenters. The maximum atomic E-state index is 13.4. The number of hydrogen-bond acceptors (Lipinski definition) is 6. The van der Waals surface area contributed by atoms with E-state index in [1.807, 2.05) is 0 Å². The van der Waals surface area contributed by atoms with E-state index < -0.39 is 15.8 Å². The minimum Gasteiger partial charge on any atom is -0.369 e. The van der Waals surface area contributed by atoms with E-state index in [0.717, 1.165) is 37.7 Å². The monoisotopic (exact) mass is 402 g/mol. The molecule has 0 saturated carbocycles. The van der Waals surface area contributed by atoms with Crippen LogP contribution in [0.15, 0.2) is 47.9 Å². The molecule has 0 spiro atoms. The third-order valence-electron chi connectivity index (χ3n) is 4.58. The lowest BCUT2D eigenvalue weighted by atomic mass is 10.2. The van der Waals surface area contributed by atoms with E-state index in [4.69, 9.17) is 0 Å². The number of halogens is 1. The highest BCUT2D eigenvalue weighted by Crippen LogP contribution is 2.20. The molecule has 146 valence electrons. The Morgan fingerprint density at radius 3 is 2.50 bits per heavy atom. The second-order valence-electron chi connectivity index (χ2n) is 6.63. The highest BCUT2D eigenvalue weighted by atomic mass is 32.2. The van der Waals surface area contributed by atoms with Gasteiger partial charge in [-0.1, -0.05) is 0 Å². The molecular formula is C18H19FN6O2S. The molecule has 0 radical (unpaired) electrons. The van der Waals surface area contributed by atoms with Crippen LogP contribution in [0.2, 0.25) is 0 Å². The Hall–Kier alpha value is -3.01. The summed E-state index contributed by atoms with van der Waals surface area (Å²) in [5.74, 6) is -0.118. The Morgan fingerprint density at radius 1 is 1.11 bits per heavy atom. The van der Waals surface area contributed by atoms with Crippen molar-refractivity contribution in [2.24, 2.45) is 0 Å². The van der Waals surface area contributed by atoms with Crippen LogP contribution in [0.25, 0.3) is 5.95 Å². The summed E-state index contributed by atoms with van der Waals surface area (Å²) in [6, 6.07) is 3.63. The van der Waals surface area contributed by atoms with Gasteiger partial charge in [0, 0.05) is 13.1 Å². The lowest BCUT2D eigenvalue weighted by Crippen LogP contribution is -2.18. The van der Waals surface area contributed by atoms with Crippen LogP contribution in [0.5, 0.6) is 0 Å². The third-order valence-corrected chi connectivity index (χ3v) is 5.95. The molecule has 1 aliphatic heterocycles. The van der Waals surface area contributed by atoms with Gasteiger partial charge in [0.25, 0.3) is 16.0 Å². The van der Waals surface area contributed by atoms with Crippen molar-refractivity contribution in [1.82, 2.24) is 19.7 Å². The summed E-state index contributed by atoms with van der Waals surface area (Å²) in [5.41, 5.74) is 1.47. The maximum absolute atomic E-state index is 13.4. The third kappa shape index (κ3) is 3.68. The van der Waals surface area contributed by atoms with E-state index in [1.165, 1.54) is 36.1 Å². The zero-order chi connectivity index (χ0) is 19.7. The molecule has 8 nitrogen and oxygen atoms in total. The van der Waals surface area contributed by atoms with Gasteiger partial charge in [-0.05, 0) is 43.5 Å². The van der Waals surface area contributed by atoms with Crippen molar-refractivity contribution in [2.45, 2.75) is 24.7 Å². The predicted octanol–water partition coefficient (Wildman–Crippen LogP) is 2.51. The van der Waals surface area contributed by atoms with E-state index in [2.05, 4.69) is 24.7 Å². The largest absolute Gasteiger partial charge is 0.369 e. The van der Waals surface area contributed by atoms with Crippen LogP contribution >= 0.6 is 0 Å². The molecule has 28 heavy (non-hydrogen) atoms. The Balaban J connectivity index is 1.51. The molecule has 1 aliphatic rings. The molecule has 1 aromatic carbocycles. The number of hydrogen-bond donors (Lipinski definition) is 1. The van der Waals surface area contributed by atoms with Gasteiger partial charge in [-0.25, -0.2) is 27.5 Å². The average molecular weight is 402 g/mol. The van der Waals surface area contributed by atoms with Gasteiger partial charge in [-0.3, -0.25) is 4.72 Å². The van der Waals surface area contributed by atoms with Crippen molar-refractivity contribution >= 4 is 21.4 Å². The number of sulfonamides is 1. The first-order chi connectivity index (χ1) is 13.4. The Labute approximate surface area is 162 Å². The fraction of sp³-hybridized carbons (Fsp3) is 0.278. The summed E-state index contributed by atoms with van der Waals surface area (Å²) in [7, 11) is -3.86. The van der Waals surface area contributed by atoms with Crippen LogP contribution in [-0.4, -0.2) is 41.3 Å². The minimum atomic E-state index is -3.86. The van der Waals surface area contributed by atoms with Gasteiger partial charge in [0.1, 0.15) is 5.82 Å². The number of aromatic nitrogens is 4. The standard InChI is InChI=1S/C18H19FN6O2S/c1-13-8-16(4-5-17(13)19)28(26,27)23-14-9-22-25(12-14)18-20-10-15(11-21-18)24-6-2-3-7-24/h4-5,8-12,23H,2-3,6-7H2,1H3. The molecule has 0 amide bonds. The summed E-state index contributed by atoms with van der Waals surface area (Å²) in [6.07, 6.45) is 8.65. The van der Waals surface area contributed by atoms with Gasteiger partial charge in [0.2, 0.25) is 0 Å². The summed E-state index contributed by atoms with van der Waals surface area (Å²) in [5, 5.41) is 4.11. The van der Waals surface area contributed by atoms with E-state index in [1.54, 1.807) is 12.4 Å². The first kappa shape index (κ1) is 18.4. The van der Waals surface area contributed by atoms with Crippen LogP contribution in [0.3, 0.4) is 0 Å². The van der Waals surface area contributed by atoms with Crippen LogP contribution in [-0.2, 0) is 10.0 Å². The predicted molar refractivity (Wildman–Crippen MR) is 103 cm³/mol. The van der Waals surface area contributed by atoms with Crippen molar-refractivity contribution in [1.29, 1.82) is 0 Å². The lowest BCUT2D eigenvalue weighted by molar-refractivity contribution is 0.598. The van der Waals surface area contributed by atoms with E-state index in [0.29, 0.717) is 5.95 Å². The molecular weight excluding hydrogens is 383 g/mol. The van der Waals surface area contributed by atoms with Crippen LogP contribution < -0.4 is 9.62 Å². The van der Waals surface area contributed by atoms with E-state index >= 15 is 0 Å². The second kappa shape index (κ2) is 7.19. The first-order valence-electron chi connectivity index (χ1n) is 8.83. The SMILES string of the molecule is Cc1cc(S(=O)(=O)Nc2cnn(-c3ncc(N4CCCC4)cn3)c2)ccc1F. The van der Waals surface area contributed by atoms with Gasteiger partial charge in [-0.15, -0.1) is 0 Å². The molecule has 0 aliphatic carbocycles. The maximum Gasteiger partial charge on any atom is 0.262 e. The van der Waals surface area contributed by atoms with Crippen molar-refractivity contribution < 1.29 is 12.8 Å². The lowest BCUT2D eigenvalue weighted by Gasteiger charge is -2.16. The fourth-order valence-corrected chi connectivity index (χ4v) is 4.17. The van der Waals surface area contributed by atoms with Crippen molar-refractivity contribution in [3.63, 3.8) is 0 Å². The second-order valence-corrected chi connectivity index (χ2v) is 8.31. The Bertz CT molecular complexity index is 1090. The molecule has 0 unspecified atom stereocenters. The van der Waals surface area contributed by atoms with Crippen molar-refractivity contribution in [3.8, 4) is 5.95 Å². The summed E-state index contributed by atoms with van der Waals surface area (Å²) >= 11 is 0. The number of benzene rings is 1. The summed E-state index contributed by atoms with van der Waals surface area (Å²) < 4.78 is 42.2. The van der Waals surface area contributed by atoms with Gasteiger partial charge in [0.15, 0.2) is 0 Å². The van der Waals surface area contributed by atoms with Crippen LogP contribution in [0.4, 0.5) is 15.8 Å². The Kier molecular flexibility index (Phi) is 4.71. The van der Waals surface area contributed by atoms with Gasteiger partial charge >= 0.3 is 0 Å². The molecule has 1 N–H and O–H groups in total. The average Bonchev–Trinajstić information content (AvgIpc) is 3.36. The number of rotatable bonds is 5. The summed E-state index contributed by atoms with van der Waals surface area (Å²) in [4.78, 5) is 10.8. The van der Waals surface area contributed by atoms with E-state index in [9.17, 15) is 12.8 Å². The molecule has 10 heteroatoms. The van der Waals surface area contributed by atoms with Gasteiger partial charge in [-0.2, -0.15) is 5.10 Å². The summed E-state index contributed by atoms with van der Waals surface area (Å²) in [6.45, 7) is 3.51. The Morgan fingerprint density at radius 2 is 1.82 bits per heavy atom. The molecule has 2 aromatic heterocycles. The number of nitrogens with zero attached hydrogens (tertiary/aromatic N) is 5. The minimum absolute atomic E-state index is 0.0228. The van der Waals surface area contributed by atoms with Gasteiger partial charge in [0.05, 0.1) is 41.1 Å². The number of anilines is 2. The molecule has 1 saturated heterocycles. The fourth-order valence-electron chi connectivity index (χ4n) is 3.05. The van der Waals surface area contributed by atoms with Crippen LogP contribution in [0.1, 0.15) is 18.4 Å². The zero-order valence-corrected chi connectivity index (χ0v) is 16.0. The molecule has 3 heterocycles. The van der Waals surface area contributed by atoms with Crippen LogP contribution in [0, 0.1) is 12.7 Å². The van der Waals surface area contributed by atoms with Crippen molar-refractivity contribution in [3.05, 3.63) is 54.4 Å². The number of aryl methyl sites for hydroxylation is 1. The first-order valence-corrected chi connectivity index (χ1v) is 10.3. The normalized spacial score (nSPS) is 14.4.